The van der Waals surface area contributed by atoms with E-state index in [2.05, 4.69) is 28.9 Å². The summed E-state index contributed by atoms with van der Waals surface area (Å²) in [5.74, 6) is -0.695. The molecular weight excluding hydrogens is 570 g/mol. The molecule has 0 amide bonds. The Morgan fingerprint density at radius 1 is 0.689 bits per heavy atom. The van der Waals surface area contributed by atoms with E-state index in [1.165, 1.54) is 56.4 Å². The summed E-state index contributed by atoms with van der Waals surface area (Å²) < 4.78 is 39.4. The molecule has 1 atom stereocenters. The van der Waals surface area contributed by atoms with E-state index in [9.17, 15) is 13.6 Å². The molecule has 0 N–H and O–H groups in total. The number of benzene rings is 3. The average Bonchev–Trinajstić information content (AvgIpc) is 3.07. The summed E-state index contributed by atoms with van der Waals surface area (Å²) in [6.45, 7) is 8.10. The minimum atomic E-state index is -0.393. The number of halogens is 2. The Hall–Kier alpha value is -3.13. The van der Waals surface area contributed by atoms with Gasteiger partial charge in [-0.2, -0.15) is 0 Å². The molecule has 0 spiro atoms. The van der Waals surface area contributed by atoms with Crippen LogP contribution in [0.15, 0.2) is 78.9 Å². The van der Waals surface area contributed by atoms with E-state index in [0.29, 0.717) is 13.0 Å². The Bertz CT molecular complexity index is 1190. The van der Waals surface area contributed by atoms with Crippen molar-refractivity contribution in [3.63, 3.8) is 0 Å². The maximum atomic E-state index is 13.5. The highest BCUT2D eigenvalue weighted by molar-refractivity contribution is 5.69. The van der Waals surface area contributed by atoms with Crippen LogP contribution < -0.4 is 0 Å². The first-order valence-corrected chi connectivity index (χ1v) is 16.8. The number of rotatable bonds is 19. The topological polar surface area (TPSA) is 42.0 Å². The normalized spacial score (nSPS) is 14.9. The molecule has 7 heteroatoms. The zero-order chi connectivity index (χ0) is 31.7. The molecule has 5 nitrogen and oxygen atoms in total. The Morgan fingerprint density at radius 2 is 1.22 bits per heavy atom. The SMILES string of the molecule is CCCCCCCCCC(=O)O[C@@H](CCN1CCN(CCOC(c2ccc(F)cc2)c2ccc(F)cc2)CC1)c1ccccc1. The monoisotopic (exact) mass is 620 g/mol. The number of nitrogens with zero attached hydrogens (tertiary/aromatic N) is 2. The Kier molecular flexibility index (Phi) is 15.0. The molecule has 0 saturated carbocycles. The van der Waals surface area contributed by atoms with Crippen LogP contribution in [0.3, 0.4) is 0 Å². The standard InChI is InChI=1S/C38H50F2N2O3/c1-2-3-4-5-6-7-11-14-37(43)45-36(31-12-9-8-10-13-31)23-24-41-25-27-42(28-26-41)29-30-44-38(32-15-19-34(39)20-16-32)33-17-21-35(40)22-18-33/h8-10,12-13,15-22,36,38H,2-7,11,14,23-30H2,1H3/t36-/m0/s1. The van der Waals surface area contributed by atoms with E-state index in [1.807, 2.05) is 18.2 Å². The van der Waals surface area contributed by atoms with Crippen LogP contribution in [0.5, 0.6) is 0 Å². The van der Waals surface area contributed by atoms with E-state index in [1.54, 1.807) is 24.3 Å². The van der Waals surface area contributed by atoms with E-state index >= 15 is 0 Å². The Morgan fingerprint density at radius 3 is 1.80 bits per heavy atom. The number of ether oxygens (including phenoxy) is 2. The highest BCUT2D eigenvalue weighted by Gasteiger charge is 2.22. The highest BCUT2D eigenvalue weighted by atomic mass is 19.1. The summed E-state index contributed by atoms with van der Waals surface area (Å²) in [5.41, 5.74) is 2.73. The van der Waals surface area contributed by atoms with Gasteiger partial charge in [0.05, 0.1) is 6.61 Å². The van der Waals surface area contributed by atoms with Crippen LogP contribution in [0, 0.1) is 11.6 Å². The van der Waals surface area contributed by atoms with Crippen molar-refractivity contribution in [3.05, 3.63) is 107 Å². The van der Waals surface area contributed by atoms with Crippen LogP contribution in [0.1, 0.15) is 93.6 Å². The second-order valence-corrected chi connectivity index (χ2v) is 12.1. The fraction of sp³-hybridized carbons (Fsp3) is 0.500. The van der Waals surface area contributed by atoms with Crippen molar-refractivity contribution in [2.75, 3.05) is 45.9 Å². The highest BCUT2D eigenvalue weighted by Crippen LogP contribution is 2.27. The van der Waals surface area contributed by atoms with Gasteiger partial charge in [-0.25, -0.2) is 8.78 Å². The molecule has 1 heterocycles. The van der Waals surface area contributed by atoms with Crippen molar-refractivity contribution in [2.45, 2.75) is 76.9 Å². The van der Waals surface area contributed by atoms with Crippen molar-refractivity contribution in [1.82, 2.24) is 9.80 Å². The van der Waals surface area contributed by atoms with Crippen LogP contribution in [0.4, 0.5) is 8.78 Å². The maximum Gasteiger partial charge on any atom is 0.306 e. The van der Waals surface area contributed by atoms with Crippen molar-refractivity contribution in [1.29, 1.82) is 0 Å². The van der Waals surface area contributed by atoms with Crippen LogP contribution in [0.25, 0.3) is 0 Å². The molecule has 1 aliphatic rings. The summed E-state index contributed by atoms with van der Waals surface area (Å²) in [6, 6.07) is 22.7. The van der Waals surface area contributed by atoms with Crippen LogP contribution in [0.2, 0.25) is 0 Å². The molecule has 3 aromatic rings. The minimum absolute atomic E-state index is 0.0955. The van der Waals surface area contributed by atoms with Gasteiger partial charge in [0, 0.05) is 52.1 Å². The van der Waals surface area contributed by atoms with Gasteiger partial charge in [-0.1, -0.05) is 100 Å². The van der Waals surface area contributed by atoms with Crippen LogP contribution in [-0.4, -0.2) is 61.6 Å². The largest absolute Gasteiger partial charge is 0.457 e. The first-order valence-electron chi connectivity index (χ1n) is 16.8. The summed E-state index contributed by atoms with van der Waals surface area (Å²) >= 11 is 0. The molecule has 1 aliphatic heterocycles. The summed E-state index contributed by atoms with van der Waals surface area (Å²) in [6.07, 6.45) is 8.89. The third kappa shape index (κ3) is 12.3. The molecule has 0 radical (unpaired) electrons. The zero-order valence-electron chi connectivity index (χ0n) is 26.8. The fourth-order valence-electron chi connectivity index (χ4n) is 5.90. The summed E-state index contributed by atoms with van der Waals surface area (Å²) in [4.78, 5) is 17.6. The first kappa shape index (κ1) is 34.7. The Labute approximate surface area is 268 Å². The molecule has 3 aromatic carbocycles. The van der Waals surface area contributed by atoms with Crippen molar-refractivity contribution in [3.8, 4) is 0 Å². The molecular formula is C38H50F2N2O3. The van der Waals surface area contributed by atoms with E-state index in [-0.39, 0.29) is 23.7 Å². The van der Waals surface area contributed by atoms with Crippen molar-refractivity contribution >= 4 is 5.97 Å². The lowest BCUT2D eigenvalue weighted by atomic mass is 10.0. The number of hydrogen-bond acceptors (Lipinski definition) is 5. The lowest BCUT2D eigenvalue weighted by molar-refractivity contribution is -0.150. The van der Waals surface area contributed by atoms with Crippen molar-refractivity contribution in [2.24, 2.45) is 0 Å². The predicted octanol–water partition coefficient (Wildman–Crippen LogP) is 8.50. The smallest absolute Gasteiger partial charge is 0.306 e. The molecule has 1 saturated heterocycles. The second-order valence-electron chi connectivity index (χ2n) is 12.1. The van der Waals surface area contributed by atoms with Gasteiger partial charge in [-0.3, -0.25) is 9.69 Å². The number of carbonyl (C=O) groups excluding carboxylic acids is 1. The second kappa shape index (κ2) is 19.4. The van der Waals surface area contributed by atoms with Gasteiger partial charge < -0.3 is 14.4 Å². The van der Waals surface area contributed by atoms with Crippen molar-refractivity contribution < 1.29 is 23.0 Å². The number of piperazine rings is 1. The van der Waals surface area contributed by atoms with Gasteiger partial charge in [-0.05, 0) is 47.4 Å². The van der Waals surface area contributed by atoms with Gasteiger partial charge in [0.1, 0.15) is 23.8 Å². The lowest BCUT2D eigenvalue weighted by Gasteiger charge is -2.35. The molecule has 0 bridgehead atoms. The molecule has 0 unspecified atom stereocenters. The number of carbonyl (C=O) groups is 1. The van der Waals surface area contributed by atoms with E-state index < -0.39 is 6.10 Å². The molecule has 4 rings (SSSR count). The van der Waals surface area contributed by atoms with Gasteiger partial charge in [0.2, 0.25) is 0 Å². The lowest BCUT2D eigenvalue weighted by Crippen LogP contribution is -2.47. The minimum Gasteiger partial charge on any atom is -0.457 e. The first-order chi connectivity index (χ1) is 22.0. The maximum absolute atomic E-state index is 13.5. The zero-order valence-corrected chi connectivity index (χ0v) is 26.8. The summed E-state index contributed by atoms with van der Waals surface area (Å²) in [5, 5.41) is 0. The summed E-state index contributed by atoms with van der Waals surface area (Å²) in [7, 11) is 0. The number of hydrogen-bond donors (Lipinski definition) is 0. The predicted molar refractivity (Wildman–Crippen MR) is 176 cm³/mol. The third-order valence-electron chi connectivity index (χ3n) is 8.64. The van der Waals surface area contributed by atoms with Gasteiger partial charge >= 0.3 is 5.97 Å². The van der Waals surface area contributed by atoms with Gasteiger partial charge in [0.25, 0.3) is 0 Å². The number of esters is 1. The fourth-order valence-corrected chi connectivity index (χ4v) is 5.90. The number of unbranched alkanes of at least 4 members (excludes halogenated alkanes) is 6. The molecule has 1 fully saturated rings. The third-order valence-corrected chi connectivity index (χ3v) is 8.64. The quantitative estimate of drug-likeness (QED) is 0.0993. The molecule has 0 aromatic heterocycles. The van der Waals surface area contributed by atoms with Gasteiger partial charge in [0.15, 0.2) is 0 Å². The van der Waals surface area contributed by atoms with E-state index in [4.69, 9.17) is 9.47 Å². The van der Waals surface area contributed by atoms with E-state index in [0.717, 1.165) is 75.2 Å². The Balaban J connectivity index is 1.20. The van der Waals surface area contributed by atoms with Gasteiger partial charge in [-0.15, -0.1) is 0 Å². The molecule has 45 heavy (non-hydrogen) atoms. The molecule has 244 valence electrons. The molecule has 0 aliphatic carbocycles. The van der Waals surface area contributed by atoms with Crippen LogP contribution in [-0.2, 0) is 14.3 Å². The van der Waals surface area contributed by atoms with Crippen LogP contribution >= 0.6 is 0 Å². The average molecular weight is 621 g/mol.